The first-order chi connectivity index (χ1) is 11.3. The molecule has 0 bridgehead atoms. The van der Waals surface area contributed by atoms with E-state index in [1.807, 2.05) is 43.5 Å². The molecule has 3 rings (SSSR count). The van der Waals surface area contributed by atoms with Crippen LogP contribution >= 0.6 is 11.3 Å². The van der Waals surface area contributed by atoms with Crippen molar-refractivity contribution in [2.75, 3.05) is 4.72 Å². The first-order valence-corrected chi connectivity index (χ1v) is 9.84. The Labute approximate surface area is 146 Å². The summed E-state index contributed by atoms with van der Waals surface area (Å²) in [6, 6.07) is 12.7. The van der Waals surface area contributed by atoms with Gasteiger partial charge in [-0.15, -0.1) is 11.3 Å². The molecule has 24 heavy (non-hydrogen) atoms. The fourth-order valence-corrected chi connectivity index (χ4v) is 4.33. The van der Waals surface area contributed by atoms with Gasteiger partial charge in [-0.25, -0.2) is 13.4 Å². The van der Waals surface area contributed by atoms with E-state index in [1.165, 1.54) is 0 Å². The van der Waals surface area contributed by atoms with Gasteiger partial charge in [0.2, 0.25) is 0 Å². The summed E-state index contributed by atoms with van der Waals surface area (Å²) in [5, 5.41) is 2.89. The number of aryl methyl sites for hydroxylation is 3. The molecule has 3 aromatic rings. The highest BCUT2D eigenvalue weighted by Gasteiger charge is 2.18. The number of hydrogen-bond acceptors (Lipinski definition) is 4. The maximum Gasteiger partial charge on any atom is 0.262 e. The molecule has 0 fully saturated rings. The molecule has 0 amide bonds. The molecular formula is C18H18N2O2S2. The van der Waals surface area contributed by atoms with E-state index in [4.69, 9.17) is 0 Å². The van der Waals surface area contributed by atoms with E-state index in [0.717, 1.165) is 21.8 Å². The molecule has 124 valence electrons. The van der Waals surface area contributed by atoms with Gasteiger partial charge in [0.1, 0.15) is 0 Å². The highest BCUT2D eigenvalue weighted by Crippen LogP contribution is 2.27. The Morgan fingerprint density at radius 2 is 1.71 bits per heavy atom. The van der Waals surface area contributed by atoms with Gasteiger partial charge in [0.15, 0.2) is 0 Å². The highest BCUT2D eigenvalue weighted by molar-refractivity contribution is 7.92. The molecule has 0 aliphatic heterocycles. The van der Waals surface area contributed by atoms with Crippen molar-refractivity contribution < 1.29 is 8.42 Å². The second kappa shape index (κ2) is 6.37. The molecule has 1 heterocycles. The number of hydrogen-bond donors (Lipinski definition) is 1. The van der Waals surface area contributed by atoms with Gasteiger partial charge in [0, 0.05) is 16.6 Å². The SMILES string of the molecule is Cc1ccc(NS(=O)(=O)c2cc(-c3csc(C)n3)ccc2C)cc1. The fraction of sp³-hybridized carbons (Fsp3) is 0.167. The second-order valence-corrected chi connectivity index (χ2v) is 8.42. The smallest absolute Gasteiger partial charge is 0.262 e. The van der Waals surface area contributed by atoms with Crippen LogP contribution in [-0.2, 0) is 10.0 Å². The molecule has 0 radical (unpaired) electrons. The Hall–Kier alpha value is -2.18. The fourth-order valence-electron chi connectivity index (χ4n) is 2.38. The van der Waals surface area contributed by atoms with Crippen LogP contribution in [0.25, 0.3) is 11.3 Å². The minimum atomic E-state index is -3.65. The molecule has 0 aliphatic carbocycles. The molecule has 6 heteroatoms. The van der Waals surface area contributed by atoms with E-state index in [0.29, 0.717) is 11.3 Å². The Morgan fingerprint density at radius 3 is 2.33 bits per heavy atom. The van der Waals surface area contributed by atoms with Gasteiger partial charge in [-0.05, 0) is 44.5 Å². The predicted octanol–water partition coefficient (Wildman–Crippen LogP) is 4.54. The Morgan fingerprint density at radius 1 is 1.00 bits per heavy atom. The molecule has 4 nitrogen and oxygen atoms in total. The molecule has 0 aliphatic rings. The van der Waals surface area contributed by atoms with Crippen LogP contribution in [-0.4, -0.2) is 13.4 Å². The van der Waals surface area contributed by atoms with Gasteiger partial charge in [0.25, 0.3) is 10.0 Å². The van der Waals surface area contributed by atoms with Crippen LogP contribution in [0.2, 0.25) is 0 Å². The van der Waals surface area contributed by atoms with Gasteiger partial charge < -0.3 is 0 Å². The van der Waals surface area contributed by atoms with Gasteiger partial charge in [0.05, 0.1) is 15.6 Å². The zero-order valence-corrected chi connectivity index (χ0v) is 15.3. The number of nitrogens with one attached hydrogen (secondary N) is 1. The normalized spacial score (nSPS) is 11.5. The molecule has 0 atom stereocenters. The number of aromatic nitrogens is 1. The number of nitrogens with zero attached hydrogens (tertiary/aromatic N) is 1. The minimum Gasteiger partial charge on any atom is -0.280 e. The van der Waals surface area contributed by atoms with Gasteiger partial charge in [-0.1, -0.05) is 29.8 Å². The van der Waals surface area contributed by atoms with E-state index in [9.17, 15) is 8.42 Å². The standard InChI is InChI=1S/C18H18N2O2S2/c1-12-4-8-16(9-5-12)20-24(21,22)18-10-15(7-6-13(18)2)17-11-23-14(3)19-17/h4-11,20H,1-3H3. The summed E-state index contributed by atoms with van der Waals surface area (Å²) in [5.74, 6) is 0. The third-order valence-electron chi connectivity index (χ3n) is 3.70. The molecule has 0 spiro atoms. The maximum absolute atomic E-state index is 12.8. The summed E-state index contributed by atoms with van der Waals surface area (Å²) in [5.41, 5.74) is 3.92. The first kappa shape index (κ1) is 16.7. The van der Waals surface area contributed by atoms with Crippen molar-refractivity contribution in [1.82, 2.24) is 4.98 Å². The third-order valence-corrected chi connectivity index (χ3v) is 5.99. The number of sulfonamides is 1. The van der Waals surface area contributed by atoms with E-state index in [1.54, 1.807) is 36.5 Å². The van der Waals surface area contributed by atoms with Crippen molar-refractivity contribution in [2.24, 2.45) is 0 Å². The lowest BCUT2D eigenvalue weighted by Crippen LogP contribution is -2.14. The number of thiazole rings is 1. The topological polar surface area (TPSA) is 59.1 Å². The average Bonchev–Trinajstić information content (AvgIpc) is 2.96. The van der Waals surface area contributed by atoms with E-state index in [-0.39, 0.29) is 4.90 Å². The lowest BCUT2D eigenvalue weighted by Gasteiger charge is -2.12. The van der Waals surface area contributed by atoms with E-state index < -0.39 is 10.0 Å². The van der Waals surface area contributed by atoms with Crippen molar-refractivity contribution in [3.63, 3.8) is 0 Å². The quantitative estimate of drug-likeness (QED) is 0.745. The van der Waals surface area contributed by atoms with Crippen LogP contribution in [0.1, 0.15) is 16.1 Å². The van der Waals surface area contributed by atoms with Crippen LogP contribution in [0.5, 0.6) is 0 Å². The molecule has 0 unspecified atom stereocenters. The van der Waals surface area contributed by atoms with Crippen LogP contribution in [0.3, 0.4) is 0 Å². The largest absolute Gasteiger partial charge is 0.280 e. The second-order valence-electron chi connectivity index (χ2n) is 5.70. The van der Waals surface area contributed by atoms with Crippen LogP contribution < -0.4 is 4.72 Å². The molecule has 0 saturated carbocycles. The number of rotatable bonds is 4. The van der Waals surface area contributed by atoms with Crippen LogP contribution in [0.15, 0.2) is 52.7 Å². The summed E-state index contributed by atoms with van der Waals surface area (Å²) < 4.78 is 28.2. The first-order valence-electron chi connectivity index (χ1n) is 7.48. The zero-order valence-electron chi connectivity index (χ0n) is 13.7. The summed E-state index contributed by atoms with van der Waals surface area (Å²) >= 11 is 1.54. The maximum atomic E-state index is 12.8. The van der Waals surface area contributed by atoms with Crippen molar-refractivity contribution in [3.8, 4) is 11.3 Å². The monoisotopic (exact) mass is 358 g/mol. The van der Waals surface area contributed by atoms with Crippen molar-refractivity contribution in [2.45, 2.75) is 25.7 Å². The summed E-state index contributed by atoms with van der Waals surface area (Å²) in [6.07, 6.45) is 0. The molecule has 2 aromatic carbocycles. The van der Waals surface area contributed by atoms with Gasteiger partial charge in [-0.2, -0.15) is 0 Å². The Kier molecular flexibility index (Phi) is 4.43. The van der Waals surface area contributed by atoms with Crippen molar-refractivity contribution >= 4 is 27.0 Å². The average molecular weight is 358 g/mol. The molecule has 1 aromatic heterocycles. The lowest BCUT2D eigenvalue weighted by molar-refractivity contribution is 0.600. The van der Waals surface area contributed by atoms with Gasteiger partial charge >= 0.3 is 0 Å². The van der Waals surface area contributed by atoms with Crippen LogP contribution in [0, 0.1) is 20.8 Å². The summed E-state index contributed by atoms with van der Waals surface area (Å²) in [6.45, 7) is 5.68. The summed E-state index contributed by atoms with van der Waals surface area (Å²) in [7, 11) is -3.65. The Balaban J connectivity index is 1.99. The number of anilines is 1. The van der Waals surface area contributed by atoms with Gasteiger partial charge in [-0.3, -0.25) is 4.72 Å². The Bertz CT molecular complexity index is 975. The van der Waals surface area contributed by atoms with E-state index >= 15 is 0 Å². The predicted molar refractivity (Wildman–Crippen MR) is 99.0 cm³/mol. The van der Waals surface area contributed by atoms with Crippen LogP contribution in [0.4, 0.5) is 5.69 Å². The molecular weight excluding hydrogens is 340 g/mol. The molecule has 0 saturated heterocycles. The highest BCUT2D eigenvalue weighted by atomic mass is 32.2. The lowest BCUT2D eigenvalue weighted by atomic mass is 10.1. The number of benzene rings is 2. The summed E-state index contributed by atoms with van der Waals surface area (Å²) in [4.78, 5) is 4.70. The third kappa shape index (κ3) is 3.49. The van der Waals surface area contributed by atoms with Crippen molar-refractivity contribution in [1.29, 1.82) is 0 Å². The van der Waals surface area contributed by atoms with Crippen molar-refractivity contribution in [3.05, 3.63) is 64.0 Å². The minimum absolute atomic E-state index is 0.270. The zero-order chi connectivity index (χ0) is 17.3. The van der Waals surface area contributed by atoms with E-state index in [2.05, 4.69) is 9.71 Å². The molecule has 1 N–H and O–H groups in total.